The van der Waals surface area contributed by atoms with Crippen LogP contribution in [0.5, 0.6) is 0 Å². The first-order chi connectivity index (χ1) is 12.6. The highest BCUT2D eigenvalue weighted by atomic mass is 35.5. The first-order valence-electron chi connectivity index (χ1n) is 8.95. The number of anilines is 1. The van der Waals surface area contributed by atoms with Gasteiger partial charge in [0.15, 0.2) is 0 Å². The zero-order valence-corrected chi connectivity index (χ0v) is 17.0. The lowest BCUT2D eigenvalue weighted by Crippen LogP contribution is -2.33. The lowest BCUT2D eigenvalue weighted by molar-refractivity contribution is -0.131. The van der Waals surface area contributed by atoms with Gasteiger partial charge in [0, 0.05) is 49.5 Å². The van der Waals surface area contributed by atoms with Gasteiger partial charge in [-0.1, -0.05) is 0 Å². The van der Waals surface area contributed by atoms with Crippen LogP contribution in [0.4, 0.5) is 5.69 Å². The minimum absolute atomic E-state index is 0. The highest BCUT2D eigenvalue weighted by Crippen LogP contribution is 2.20. The molecule has 7 nitrogen and oxygen atoms in total. The van der Waals surface area contributed by atoms with Crippen molar-refractivity contribution in [2.45, 2.75) is 20.4 Å². The van der Waals surface area contributed by atoms with E-state index in [0.29, 0.717) is 32.8 Å². The number of aromatic nitrogens is 1. The maximum atomic E-state index is 12.3. The van der Waals surface area contributed by atoms with E-state index in [4.69, 9.17) is 4.74 Å². The van der Waals surface area contributed by atoms with E-state index in [9.17, 15) is 9.59 Å². The second-order valence-electron chi connectivity index (χ2n) is 6.00. The molecular weight excluding hydrogens is 368 g/mol. The Labute approximate surface area is 166 Å². The molecule has 0 spiro atoms. The van der Waals surface area contributed by atoms with Crippen molar-refractivity contribution in [1.82, 2.24) is 14.8 Å². The average Bonchev–Trinajstić information content (AvgIpc) is 3.02. The number of halogens is 1. The number of hydrogen-bond donors (Lipinski definition) is 2. The highest BCUT2D eigenvalue weighted by molar-refractivity contribution is 5.95. The maximum Gasteiger partial charge on any atom is 0.242 e. The number of hydrogen-bond acceptors (Lipinski definition) is 4. The van der Waals surface area contributed by atoms with E-state index in [1.807, 2.05) is 53.8 Å². The van der Waals surface area contributed by atoms with Crippen LogP contribution in [0, 0.1) is 0 Å². The summed E-state index contributed by atoms with van der Waals surface area (Å²) in [6, 6.07) is 7.66. The van der Waals surface area contributed by atoms with Crippen LogP contribution in [-0.2, 0) is 20.9 Å². The molecule has 150 valence electrons. The molecule has 0 fully saturated rings. The second-order valence-corrected chi connectivity index (χ2v) is 6.00. The standard InChI is InChI=1S/C19H28N4O3.ClH/c1-4-22(5-2)19(25)14-23-10-8-15-12-16(6-7-17(15)23)21-18(24)13-20-9-11-26-3;/h6-8,10,12,20H,4-5,9,11,13-14H2,1-3H3,(H,21,24);1H. The monoisotopic (exact) mass is 396 g/mol. The summed E-state index contributed by atoms with van der Waals surface area (Å²) in [5.41, 5.74) is 1.71. The number of benzene rings is 1. The summed E-state index contributed by atoms with van der Waals surface area (Å²) in [6.45, 7) is 7.14. The van der Waals surface area contributed by atoms with E-state index in [0.717, 1.165) is 16.6 Å². The fourth-order valence-corrected chi connectivity index (χ4v) is 2.82. The van der Waals surface area contributed by atoms with Crippen molar-refractivity contribution >= 4 is 40.8 Å². The van der Waals surface area contributed by atoms with Crippen LogP contribution in [0.25, 0.3) is 10.9 Å². The molecule has 8 heteroatoms. The van der Waals surface area contributed by atoms with Crippen molar-refractivity contribution in [2.75, 3.05) is 45.2 Å². The van der Waals surface area contributed by atoms with Gasteiger partial charge in [-0.3, -0.25) is 9.59 Å². The van der Waals surface area contributed by atoms with Gasteiger partial charge in [-0.25, -0.2) is 0 Å². The van der Waals surface area contributed by atoms with Crippen LogP contribution in [0.1, 0.15) is 13.8 Å². The van der Waals surface area contributed by atoms with E-state index in [1.165, 1.54) is 0 Å². The zero-order chi connectivity index (χ0) is 18.9. The summed E-state index contributed by atoms with van der Waals surface area (Å²) in [5.74, 6) is 0.00334. The number of carbonyl (C=O) groups excluding carboxylic acids is 2. The molecule has 2 N–H and O–H groups in total. The summed E-state index contributed by atoms with van der Waals surface area (Å²) in [6.07, 6.45) is 1.91. The molecule has 0 bridgehead atoms. The summed E-state index contributed by atoms with van der Waals surface area (Å²) in [5, 5.41) is 6.87. The van der Waals surface area contributed by atoms with Crippen LogP contribution in [0.2, 0.25) is 0 Å². The van der Waals surface area contributed by atoms with Crippen molar-refractivity contribution in [3.63, 3.8) is 0 Å². The van der Waals surface area contributed by atoms with Crippen LogP contribution < -0.4 is 10.6 Å². The van der Waals surface area contributed by atoms with Crippen LogP contribution in [0.15, 0.2) is 30.5 Å². The minimum Gasteiger partial charge on any atom is -0.383 e. The number of likely N-dealkylation sites (N-methyl/N-ethyl adjacent to an activating group) is 1. The quantitative estimate of drug-likeness (QED) is 0.603. The zero-order valence-electron chi connectivity index (χ0n) is 16.2. The van der Waals surface area contributed by atoms with Gasteiger partial charge >= 0.3 is 0 Å². The van der Waals surface area contributed by atoms with Crippen LogP contribution >= 0.6 is 12.4 Å². The number of rotatable bonds is 10. The largest absolute Gasteiger partial charge is 0.383 e. The third kappa shape index (κ3) is 6.53. The third-order valence-electron chi connectivity index (χ3n) is 4.25. The number of carbonyl (C=O) groups is 2. The number of amides is 2. The topological polar surface area (TPSA) is 75.6 Å². The van der Waals surface area contributed by atoms with Gasteiger partial charge in [0.05, 0.1) is 13.2 Å². The number of fused-ring (bicyclic) bond motifs is 1. The van der Waals surface area contributed by atoms with Gasteiger partial charge < -0.3 is 24.8 Å². The minimum atomic E-state index is -0.100. The SMILES string of the molecule is CCN(CC)C(=O)Cn1ccc2cc(NC(=O)CNCCOC)ccc21.Cl. The van der Waals surface area contributed by atoms with E-state index >= 15 is 0 Å². The second kappa shape index (κ2) is 11.6. The molecule has 0 atom stereocenters. The van der Waals surface area contributed by atoms with E-state index < -0.39 is 0 Å². The normalized spacial score (nSPS) is 10.5. The Bertz CT molecular complexity index is 744. The summed E-state index contributed by atoms with van der Waals surface area (Å²) < 4.78 is 6.86. The molecule has 1 aromatic heterocycles. The first-order valence-corrected chi connectivity index (χ1v) is 8.95. The molecule has 27 heavy (non-hydrogen) atoms. The Kier molecular flexibility index (Phi) is 9.85. The van der Waals surface area contributed by atoms with Crippen molar-refractivity contribution in [2.24, 2.45) is 0 Å². The molecule has 0 aliphatic carbocycles. The van der Waals surface area contributed by atoms with Crippen molar-refractivity contribution < 1.29 is 14.3 Å². The lowest BCUT2D eigenvalue weighted by Gasteiger charge is -2.19. The molecule has 0 unspecified atom stereocenters. The molecule has 1 aromatic carbocycles. The Morgan fingerprint density at radius 1 is 1.19 bits per heavy atom. The van der Waals surface area contributed by atoms with Crippen molar-refractivity contribution in [1.29, 1.82) is 0 Å². The fraction of sp³-hybridized carbons (Fsp3) is 0.474. The van der Waals surface area contributed by atoms with Gasteiger partial charge in [0.2, 0.25) is 11.8 Å². The van der Waals surface area contributed by atoms with Crippen LogP contribution in [-0.4, -0.2) is 61.2 Å². The number of nitrogens with one attached hydrogen (secondary N) is 2. The van der Waals surface area contributed by atoms with Gasteiger partial charge in [-0.05, 0) is 38.1 Å². The molecule has 0 aliphatic heterocycles. The third-order valence-corrected chi connectivity index (χ3v) is 4.25. The Hall–Kier alpha value is -2.09. The maximum absolute atomic E-state index is 12.3. The van der Waals surface area contributed by atoms with E-state index in [2.05, 4.69) is 10.6 Å². The molecule has 2 amide bonds. The lowest BCUT2D eigenvalue weighted by atomic mass is 10.2. The predicted octanol–water partition coefficient (Wildman–Crippen LogP) is 2.11. The average molecular weight is 397 g/mol. The molecule has 1 heterocycles. The molecule has 0 saturated heterocycles. The van der Waals surface area contributed by atoms with E-state index in [-0.39, 0.29) is 30.8 Å². The highest BCUT2D eigenvalue weighted by Gasteiger charge is 2.12. The Morgan fingerprint density at radius 2 is 1.93 bits per heavy atom. The van der Waals surface area contributed by atoms with Gasteiger partial charge in [0.1, 0.15) is 6.54 Å². The predicted molar refractivity (Wildman–Crippen MR) is 110 cm³/mol. The number of nitrogens with zero attached hydrogens (tertiary/aromatic N) is 2. The van der Waals surface area contributed by atoms with Gasteiger partial charge in [-0.2, -0.15) is 0 Å². The summed E-state index contributed by atoms with van der Waals surface area (Å²) in [7, 11) is 1.62. The molecule has 2 aromatic rings. The first kappa shape index (κ1) is 23.0. The fourth-order valence-electron chi connectivity index (χ4n) is 2.82. The number of ether oxygens (including phenoxy) is 1. The number of methoxy groups -OCH3 is 1. The van der Waals surface area contributed by atoms with Gasteiger partial charge in [0.25, 0.3) is 0 Å². The molecule has 0 aliphatic rings. The smallest absolute Gasteiger partial charge is 0.242 e. The molecule has 0 radical (unpaired) electrons. The Balaban J connectivity index is 0.00000364. The van der Waals surface area contributed by atoms with E-state index in [1.54, 1.807) is 7.11 Å². The summed E-state index contributed by atoms with van der Waals surface area (Å²) >= 11 is 0. The summed E-state index contributed by atoms with van der Waals surface area (Å²) in [4.78, 5) is 26.1. The Morgan fingerprint density at radius 3 is 2.59 bits per heavy atom. The molecular formula is C19H29ClN4O3. The van der Waals surface area contributed by atoms with Crippen LogP contribution in [0.3, 0.4) is 0 Å². The van der Waals surface area contributed by atoms with Crippen molar-refractivity contribution in [3.8, 4) is 0 Å². The molecule has 2 rings (SSSR count). The van der Waals surface area contributed by atoms with Gasteiger partial charge in [-0.15, -0.1) is 12.4 Å². The van der Waals surface area contributed by atoms with Crippen molar-refractivity contribution in [3.05, 3.63) is 30.5 Å². The molecule has 0 saturated carbocycles.